The van der Waals surface area contributed by atoms with Crippen molar-refractivity contribution < 1.29 is 17.9 Å². The van der Waals surface area contributed by atoms with E-state index in [9.17, 15) is 13.2 Å². The molecule has 0 radical (unpaired) electrons. The average Bonchev–Trinajstić information content (AvgIpc) is 3.60. The van der Waals surface area contributed by atoms with Crippen LogP contribution in [0.1, 0.15) is 35.7 Å². The minimum Gasteiger partial charge on any atom is -0.376 e. The van der Waals surface area contributed by atoms with Crippen molar-refractivity contribution in [2.24, 2.45) is 0 Å². The minimum atomic E-state index is -3.77. The number of rotatable bonds is 8. The van der Waals surface area contributed by atoms with E-state index in [2.05, 4.69) is 19.1 Å². The summed E-state index contributed by atoms with van der Waals surface area (Å²) in [6, 6.07) is 21.2. The third-order valence-corrected chi connectivity index (χ3v) is 9.46. The first-order chi connectivity index (χ1) is 17.9. The summed E-state index contributed by atoms with van der Waals surface area (Å²) in [5.41, 5.74) is 3.03. The van der Waals surface area contributed by atoms with Crippen LogP contribution in [0.2, 0.25) is 0 Å². The summed E-state index contributed by atoms with van der Waals surface area (Å²) < 4.78 is 34.4. The molecular weight excluding hydrogens is 506 g/mol. The number of hydrogen-bond donors (Lipinski definition) is 0. The molecule has 0 bridgehead atoms. The number of carbonyl (C=O) groups excluding carboxylic acids is 1. The Morgan fingerprint density at radius 3 is 2.51 bits per heavy atom. The molecule has 9 heteroatoms. The summed E-state index contributed by atoms with van der Waals surface area (Å²) in [5.74, 6) is -0.231. The molecule has 7 nitrogen and oxygen atoms in total. The molecule has 3 aromatic carbocycles. The molecule has 0 spiro atoms. The van der Waals surface area contributed by atoms with Gasteiger partial charge in [0, 0.05) is 19.2 Å². The number of amides is 1. The van der Waals surface area contributed by atoms with E-state index in [0.717, 1.165) is 29.5 Å². The topological polar surface area (TPSA) is 79.8 Å². The molecule has 4 aromatic rings. The molecule has 1 atom stereocenters. The monoisotopic (exact) mass is 535 g/mol. The van der Waals surface area contributed by atoms with E-state index in [0.29, 0.717) is 29.5 Å². The van der Waals surface area contributed by atoms with Gasteiger partial charge in [-0.3, -0.25) is 14.0 Å². The van der Waals surface area contributed by atoms with E-state index in [-0.39, 0.29) is 16.9 Å². The highest BCUT2D eigenvalue weighted by Crippen LogP contribution is 2.32. The lowest BCUT2D eigenvalue weighted by Gasteiger charge is -2.23. The molecule has 1 aromatic heterocycles. The molecule has 1 unspecified atom stereocenters. The van der Waals surface area contributed by atoms with Gasteiger partial charge in [0.15, 0.2) is 5.13 Å². The maximum absolute atomic E-state index is 13.7. The number of anilines is 2. The highest BCUT2D eigenvalue weighted by atomic mass is 32.2. The van der Waals surface area contributed by atoms with Crippen LogP contribution in [0.3, 0.4) is 0 Å². The third kappa shape index (κ3) is 5.25. The number of ether oxygens (including phenoxy) is 1. The molecule has 0 aliphatic carbocycles. The van der Waals surface area contributed by atoms with Gasteiger partial charge in [0.1, 0.15) is 0 Å². The molecule has 5 rings (SSSR count). The van der Waals surface area contributed by atoms with E-state index >= 15 is 0 Å². The van der Waals surface area contributed by atoms with Gasteiger partial charge in [0.05, 0.1) is 33.4 Å². The Balaban J connectivity index is 1.44. The summed E-state index contributed by atoms with van der Waals surface area (Å²) in [5, 5.41) is 0.615. The van der Waals surface area contributed by atoms with Crippen LogP contribution in [0.15, 0.2) is 77.7 Å². The van der Waals surface area contributed by atoms with Crippen molar-refractivity contribution in [2.45, 2.75) is 37.2 Å². The fraction of sp³-hybridized carbons (Fsp3) is 0.286. The first kappa shape index (κ1) is 25.4. The second-order valence-electron chi connectivity index (χ2n) is 9.04. The van der Waals surface area contributed by atoms with Crippen LogP contribution in [0.5, 0.6) is 0 Å². The molecule has 1 fully saturated rings. The van der Waals surface area contributed by atoms with Crippen LogP contribution in [0.25, 0.3) is 10.2 Å². The van der Waals surface area contributed by atoms with Crippen LogP contribution in [-0.4, -0.2) is 45.6 Å². The second kappa shape index (κ2) is 10.6. The number of para-hydroxylation sites is 1. The van der Waals surface area contributed by atoms with Gasteiger partial charge in [-0.05, 0) is 73.4 Å². The molecule has 0 N–H and O–H groups in total. The van der Waals surface area contributed by atoms with E-state index in [1.54, 1.807) is 41.3 Å². The van der Waals surface area contributed by atoms with Gasteiger partial charge in [-0.15, -0.1) is 0 Å². The number of aromatic nitrogens is 1. The van der Waals surface area contributed by atoms with Crippen molar-refractivity contribution in [3.05, 3.63) is 83.9 Å². The van der Waals surface area contributed by atoms with Gasteiger partial charge in [0.25, 0.3) is 15.9 Å². The summed E-state index contributed by atoms with van der Waals surface area (Å²) >= 11 is 1.49. The fourth-order valence-electron chi connectivity index (χ4n) is 4.39. The Labute approximate surface area is 221 Å². The van der Waals surface area contributed by atoms with E-state index in [4.69, 9.17) is 9.72 Å². The number of carbonyl (C=O) groups is 1. The van der Waals surface area contributed by atoms with Crippen LogP contribution < -0.4 is 9.21 Å². The highest BCUT2D eigenvalue weighted by molar-refractivity contribution is 7.92. The van der Waals surface area contributed by atoms with Gasteiger partial charge in [-0.25, -0.2) is 13.4 Å². The number of hydrogen-bond acceptors (Lipinski definition) is 6. The van der Waals surface area contributed by atoms with Crippen molar-refractivity contribution in [3.8, 4) is 0 Å². The summed E-state index contributed by atoms with van der Waals surface area (Å²) in [6.45, 7) is 3.20. The Morgan fingerprint density at radius 2 is 1.84 bits per heavy atom. The van der Waals surface area contributed by atoms with Crippen molar-refractivity contribution >= 4 is 48.3 Å². The number of fused-ring (bicyclic) bond motifs is 1. The molecule has 0 saturated carbocycles. The molecule has 37 heavy (non-hydrogen) atoms. The first-order valence-electron chi connectivity index (χ1n) is 12.3. The second-order valence-corrected chi connectivity index (χ2v) is 12.0. The van der Waals surface area contributed by atoms with Crippen molar-refractivity contribution in [2.75, 3.05) is 29.4 Å². The first-order valence-corrected chi connectivity index (χ1v) is 14.6. The largest absolute Gasteiger partial charge is 0.376 e. The smallest absolute Gasteiger partial charge is 0.264 e. The maximum Gasteiger partial charge on any atom is 0.264 e. The summed E-state index contributed by atoms with van der Waals surface area (Å²) in [4.78, 5) is 20.3. The fourth-order valence-corrected chi connectivity index (χ4v) is 6.62. The molecule has 1 aliphatic heterocycles. The Kier molecular flexibility index (Phi) is 7.28. The number of thiazole rings is 1. The molecular formula is C28H29N3O4S2. The van der Waals surface area contributed by atoms with E-state index < -0.39 is 10.0 Å². The lowest BCUT2D eigenvalue weighted by Crippen LogP contribution is -2.37. The predicted octanol–water partition coefficient (Wildman–Crippen LogP) is 5.51. The van der Waals surface area contributed by atoms with Gasteiger partial charge in [-0.1, -0.05) is 42.5 Å². The lowest BCUT2D eigenvalue weighted by molar-refractivity contribution is 0.0917. The highest BCUT2D eigenvalue weighted by Gasteiger charge is 2.28. The SMILES string of the molecule is CCc1ccc2nc(N(CC3CCCO3)C(=O)c3ccc(S(=O)(=O)N(C)c4ccccc4)cc3)sc2c1. The minimum absolute atomic E-state index is 0.0543. The van der Waals surface area contributed by atoms with Crippen LogP contribution in [0, 0.1) is 0 Å². The van der Waals surface area contributed by atoms with Gasteiger partial charge in [-0.2, -0.15) is 0 Å². The van der Waals surface area contributed by atoms with E-state index in [1.807, 2.05) is 12.1 Å². The summed E-state index contributed by atoms with van der Waals surface area (Å²) in [6.07, 6.45) is 2.73. The number of aryl methyl sites for hydroxylation is 1. The molecule has 2 heterocycles. The average molecular weight is 536 g/mol. The normalized spacial score (nSPS) is 15.7. The van der Waals surface area contributed by atoms with Crippen LogP contribution >= 0.6 is 11.3 Å². The number of benzene rings is 3. The van der Waals surface area contributed by atoms with Crippen molar-refractivity contribution in [3.63, 3.8) is 0 Å². The lowest BCUT2D eigenvalue weighted by atomic mass is 10.1. The molecule has 1 aliphatic rings. The maximum atomic E-state index is 13.7. The summed E-state index contributed by atoms with van der Waals surface area (Å²) in [7, 11) is -2.25. The zero-order chi connectivity index (χ0) is 26.0. The van der Waals surface area contributed by atoms with Crippen LogP contribution in [0.4, 0.5) is 10.8 Å². The molecule has 192 valence electrons. The number of sulfonamides is 1. The Hall–Kier alpha value is -3.27. The Morgan fingerprint density at radius 1 is 1.08 bits per heavy atom. The zero-order valence-electron chi connectivity index (χ0n) is 20.8. The predicted molar refractivity (Wildman–Crippen MR) is 148 cm³/mol. The van der Waals surface area contributed by atoms with Gasteiger partial charge >= 0.3 is 0 Å². The van der Waals surface area contributed by atoms with Crippen molar-refractivity contribution in [1.82, 2.24) is 4.98 Å². The van der Waals surface area contributed by atoms with Gasteiger partial charge < -0.3 is 4.74 Å². The molecule has 1 amide bonds. The quantitative estimate of drug-likeness (QED) is 0.297. The van der Waals surface area contributed by atoms with Gasteiger partial charge in [0.2, 0.25) is 0 Å². The van der Waals surface area contributed by atoms with Crippen LogP contribution in [-0.2, 0) is 21.2 Å². The third-order valence-electron chi connectivity index (χ3n) is 6.62. The van der Waals surface area contributed by atoms with E-state index in [1.165, 1.54) is 40.4 Å². The molecule has 1 saturated heterocycles. The Bertz CT molecular complexity index is 1500. The van der Waals surface area contributed by atoms with Crippen molar-refractivity contribution in [1.29, 1.82) is 0 Å². The standard InChI is InChI=1S/C28H29N3O4S2/c1-3-20-11-16-25-26(18-20)36-28(29-25)31(19-23-10-7-17-35-23)27(32)21-12-14-24(15-13-21)37(33,34)30(2)22-8-5-4-6-9-22/h4-6,8-9,11-16,18,23H,3,7,10,17,19H2,1-2H3. The zero-order valence-corrected chi connectivity index (χ0v) is 22.5. The number of nitrogens with zero attached hydrogens (tertiary/aromatic N) is 3.